The highest BCUT2D eigenvalue weighted by molar-refractivity contribution is 9.10. The van der Waals surface area contributed by atoms with E-state index in [9.17, 15) is 4.79 Å². The first kappa shape index (κ1) is 13.8. The number of nitrogens with one attached hydrogen (secondary N) is 1. The van der Waals surface area contributed by atoms with Crippen LogP contribution in [0.5, 0.6) is 0 Å². The summed E-state index contributed by atoms with van der Waals surface area (Å²) in [6.07, 6.45) is 8.33. The minimum atomic E-state index is 0.0682. The Morgan fingerprint density at radius 3 is 2.67 bits per heavy atom. The summed E-state index contributed by atoms with van der Waals surface area (Å²) in [6.45, 7) is 0. The molecule has 1 N–H and O–H groups in total. The fraction of sp³-hybridized carbons (Fsp3) is 0.538. The molecule has 1 fully saturated rings. The molecular weight excluding hydrogens is 316 g/mol. The molecule has 0 bridgehead atoms. The van der Waals surface area contributed by atoms with E-state index < -0.39 is 0 Å². The van der Waals surface area contributed by atoms with Gasteiger partial charge in [0.25, 0.3) is 0 Å². The molecule has 0 aliphatic heterocycles. The van der Waals surface area contributed by atoms with Crippen molar-refractivity contribution in [3.63, 3.8) is 0 Å². The summed E-state index contributed by atoms with van der Waals surface area (Å²) < 4.78 is 0.808. The summed E-state index contributed by atoms with van der Waals surface area (Å²) in [5, 5.41) is 3.22. The van der Waals surface area contributed by atoms with Crippen molar-refractivity contribution in [2.75, 3.05) is 5.32 Å². The van der Waals surface area contributed by atoms with Crippen LogP contribution in [0.15, 0.2) is 16.7 Å². The number of pyridine rings is 1. The molecule has 1 heterocycles. The van der Waals surface area contributed by atoms with Gasteiger partial charge in [-0.05, 0) is 34.8 Å². The molecule has 0 atom stereocenters. The second-order valence-corrected chi connectivity index (χ2v) is 5.94. The Kier molecular flexibility index (Phi) is 5.01. The number of carbonyl (C=O) groups is 1. The Bertz CT molecular complexity index is 431. The summed E-state index contributed by atoms with van der Waals surface area (Å²) >= 11 is 9.29. The third-order valence-electron chi connectivity index (χ3n) is 3.29. The van der Waals surface area contributed by atoms with E-state index in [-0.39, 0.29) is 11.8 Å². The van der Waals surface area contributed by atoms with Gasteiger partial charge >= 0.3 is 0 Å². The van der Waals surface area contributed by atoms with Gasteiger partial charge in [-0.2, -0.15) is 0 Å². The van der Waals surface area contributed by atoms with Gasteiger partial charge in [-0.25, -0.2) is 4.98 Å². The van der Waals surface area contributed by atoms with Crippen LogP contribution in [0.2, 0.25) is 5.15 Å². The summed E-state index contributed by atoms with van der Waals surface area (Å²) in [6, 6.07) is 1.78. The van der Waals surface area contributed by atoms with Crippen LogP contribution in [0.3, 0.4) is 0 Å². The van der Waals surface area contributed by atoms with Crippen LogP contribution < -0.4 is 5.32 Å². The Balaban J connectivity index is 2.03. The zero-order valence-electron chi connectivity index (χ0n) is 10.1. The van der Waals surface area contributed by atoms with Crippen molar-refractivity contribution in [2.45, 2.75) is 38.5 Å². The standard InChI is InChI=1S/C13H16BrClN2O/c14-10-7-11(12(15)16-8-10)17-13(18)9-5-3-1-2-4-6-9/h7-9H,1-6H2,(H,17,18). The molecule has 18 heavy (non-hydrogen) atoms. The highest BCUT2D eigenvalue weighted by atomic mass is 79.9. The lowest BCUT2D eigenvalue weighted by atomic mass is 9.99. The normalized spacial score (nSPS) is 17.2. The molecule has 0 aromatic carbocycles. The lowest BCUT2D eigenvalue weighted by Gasteiger charge is -2.14. The highest BCUT2D eigenvalue weighted by Gasteiger charge is 2.20. The topological polar surface area (TPSA) is 42.0 Å². The number of halogens is 2. The lowest BCUT2D eigenvalue weighted by molar-refractivity contribution is -0.120. The van der Waals surface area contributed by atoms with Gasteiger partial charge < -0.3 is 5.32 Å². The second kappa shape index (κ2) is 6.53. The molecule has 0 radical (unpaired) electrons. The maximum Gasteiger partial charge on any atom is 0.227 e. The van der Waals surface area contributed by atoms with Crippen LogP contribution in [0.25, 0.3) is 0 Å². The Morgan fingerprint density at radius 1 is 1.33 bits per heavy atom. The van der Waals surface area contributed by atoms with Gasteiger partial charge in [-0.15, -0.1) is 0 Å². The molecule has 1 aliphatic carbocycles. The Hall–Kier alpha value is -0.610. The smallest absolute Gasteiger partial charge is 0.227 e. The fourth-order valence-corrected chi connectivity index (χ4v) is 2.77. The molecule has 1 amide bonds. The minimum absolute atomic E-state index is 0.0682. The number of hydrogen-bond donors (Lipinski definition) is 1. The first-order valence-corrected chi connectivity index (χ1v) is 7.46. The van der Waals surface area contributed by atoms with Crippen molar-refractivity contribution in [3.05, 3.63) is 21.9 Å². The molecular formula is C13H16BrClN2O. The number of rotatable bonds is 2. The first-order valence-electron chi connectivity index (χ1n) is 6.29. The van der Waals surface area contributed by atoms with E-state index in [1.165, 1.54) is 12.8 Å². The van der Waals surface area contributed by atoms with Crippen molar-refractivity contribution in [2.24, 2.45) is 5.92 Å². The monoisotopic (exact) mass is 330 g/mol. The predicted molar refractivity (Wildman–Crippen MR) is 76.8 cm³/mol. The molecule has 5 heteroatoms. The molecule has 0 saturated heterocycles. The van der Waals surface area contributed by atoms with E-state index >= 15 is 0 Å². The van der Waals surface area contributed by atoms with Gasteiger partial charge in [0.2, 0.25) is 5.91 Å². The molecule has 1 aliphatic rings. The van der Waals surface area contributed by atoms with Crippen LogP contribution in [-0.4, -0.2) is 10.9 Å². The first-order chi connectivity index (χ1) is 8.66. The number of amides is 1. The fourth-order valence-electron chi connectivity index (χ4n) is 2.29. The highest BCUT2D eigenvalue weighted by Crippen LogP contribution is 2.27. The molecule has 1 saturated carbocycles. The molecule has 0 unspecified atom stereocenters. The van der Waals surface area contributed by atoms with Gasteiger partial charge in [0.05, 0.1) is 5.69 Å². The van der Waals surface area contributed by atoms with Gasteiger partial charge in [-0.3, -0.25) is 4.79 Å². The van der Waals surface area contributed by atoms with Crippen LogP contribution in [0.1, 0.15) is 38.5 Å². The average molecular weight is 332 g/mol. The number of anilines is 1. The summed E-state index contributed by atoms with van der Waals surface area (Å²) in [5.41, 5.74) is 0.584. The molecule has 1 aromatic rings. The van der Waals surface area contributed by atoms with Crippen molar-refractivity contribution >= 4 is 39.1 Å². The molecule has 0 spiro atoms. The van der Waals surface area contributed by atoms with Gasteiger partial charge in [0.1, 0.15) is 0 Å². The number of carbonyl (C=O) groups excluding carboxylic acids is 1. The van der Waals surface area contributed by atoms with Crippen LogP contribution in [0, 0.1) is 5.92 Å². The van der Waals surface area contributed by atoms with E-state index in [1.54, 1.807) is 12.3 Å². The minimum Gasteiger partial charge on any atom is -0.323 e. The molecule has 2 rings (SSSR count). The summed E-state index contributed by atoms with van der Waals surface area (Å²) in [5.74, 6) is 0.182. The maximum absolute atomic E-state index is 12.2. The SMILES string of the molecule is O=C(Nc1cc(Br)cnc1Cl)C1CCCCCC1. The van der Waals surface area contributed by atoms with E-state index in [1.807, 2.05) is 0 Å². The molecule has 3 nitrogen and oxygen atoms in total. The van der Waals surface area contributed by atoms with Crippen molar-refractivity contribution in [3.8, 4) is 0 Å². The third-order valence-corrected chi connectivity index (χ3v) is 4.02. The molecule has 98 valence electrons. The number of nitrogens with zero attached hydrogens (tertiary/aromatic N) is 1. The second-order valence-electron chi connectivity index (χ2n) is 4.67. The van der Waals surface area contributed by atoms with Gasteiger partial charge in [-0.1, -0.05) is 37.3 Å². The summed E-state index contributed by atoms with van der Waals surface area (Å²) in [4.78, 5) is 16.2. The van der Waals surface area contributed by atoms with E-state index in [0.717, 1.165) is 30.2 Å². The van der Waals surface area contributed by atoms with Crippen LogP contribution in [-0.2, 0) is 4.79 Å². The van der Waals surface area contributed by atoms with Crippen molar-refractivity contribution < 1.29 is 4.79 Å². The maximum atomic E-state index is 12.2. The Labute approximate surface area is 120 Å². The van der Waals surface area contributed by atoms with E-state index in [0.29, 0.717) is 10.8 Å². The number of aromatic nitrogens is 1. The van der Waals surface area contributed by atoms with Gasteiger partial charge in [0, 0.05) is 16.6 Å². The van der Waals surface area contributed by atoms with Crippen LogP contribution in [0.4, 0.5) is 5.69 Å². The average Bonchev–Trinajstić information content (AvgIpc) is 2.62. The van der Waals surface area contributed by atoms with E-state index in [2.05, 4.69) is 26.2 Å². The van der Waals surface area contributed by atoms with Crippen molar-refractivity contribution in [1.29, 1.82) is 0 Å². The zero-order valence-corrected chi connectivity index (χ0v) is 12.4. The van der Waals surface area contributed by atoms with Gasteiger partial charge in [0.15, 0.2) is 5.15 Å². The third kappa shape index (κ3) is 3.69. The van der Waals surface area contributed by atoms with E-state index in [4.69, 9.17) is 11.6 Å². The quantitative estimate of drug-likeness (QED) is 0.644. The lowest BCUT2D eigenvalue weighted by Crippen LogP contribution is -2.22. The summed E-state index contributed by atoms with van der Waals surface area (Å²) in [7, 11) is 0. The zero-order chi connectivity index (χ0) is 13.0. The number of hydrogen-bond acceptors (Lipinski definition) is 2. The predicted octanol–water partition coefficient (Wildman–Crippen LogP) is 4.41. The van der Waals surface area contributed by atoms with Crippen LogP contribution >= 0.6 is 27.5 Å². The van der Waals surface area contributed by atoms with Crippen molar-refractivity contribution in [1.82, 2.24) is 4.98 Å². The Morgan fingerprint density at radius 2 is 2.00 bits per heavy atom. The molecule has 1 aromatic heterocycles. The largest absolute Gasteiger partial charge is 0.323 e.